The molecule has 2 aromatic rings. The summed E-state index contributed by atoms with van der Waals surface area (Å²) in [5.74, 6) is 0. The van der Waals surface area contributed by atoms with Crippen LogP contribution in [0.15, 0.2) is 48.5 Å². The molecule has 0 aliphatic carbocycles. The van der Waals surface area contributed by atoms with Crippen LogP contribution in [-0.2, 0) is 6.42 Å². The molecule has 4 rings (SSSR count). The van der Waals surface area contributed by atoms with Gasteiger partial charge in [0.1, 0.15) is 5.69 Å². The highest BCUT2D eigenvalue weighted by molar-refractivity contribution is 6.07. The second kappa shape index (κ2) is 6.53. The first-order valence-corrected chi connectivity index (χ1v) is 8.49. The monoisotopic (exact) mass is 321 g/mol. The van der Waals surface area contributed by atoms with Crippen LogP contribution in [0.5, 0.6) is 0 Å². The van der Waals surface area contributed by atoms with E-state index in [9.17, 15) is 4.79 Å². The standard InChI is InChI=1S/C19H21N4O/c24-19-21-18-16(22-13-10-20-11-14-22)7-4-8-17(18)23(19)12-9-15-5-2-1-3-6-15/h1-8,20H,9-14H2. The molecule has 1 saturated heterocycles. The fourth-order valence-corrected chi connectivity index (χ4v) is 3.37. The molecule has 1 radical (unpaired) electrons. The number of hydrogen-bond donors (Lipinski definition) is 1. The molecule has 1 fully saturated rings. The topological polar surface area (TPSA) is 49.7 Å². The first-order chi connectivity index (χ1) is 11.8. The van der Waals surface area contributed by atoms with Gasteiger partial charge in [-0.15, -0.1) is 0 Å². The molecule has 1 N–H and O–H groups in total. The number of carbonyl (C=O) groups is 1. The van der Waals surface area contributed by atoms with E-state index >= 15 is 0 Å². The highest BCUT2D eigenvalue weighted by Crippen LogP contribution is 2.40. The van der Waals surface area contributed by atoms with Crippen LogP contribution in [0, 0.1) is 0 Å². The van der Waals surface area contributed by atoms with Crippen molar-refractivity contribution in [2.24, 2.45) is 0 Å². The number of urea groups is 1. The number of nitrogens with one attached hydrogen (secondary N) is 1. The van der Waals surface area contributed by atoms with Gasteiger partial charge in [-0.3, -0.25) is 4.90 Å². The first kappa shape index (κ1) is 15.0. The summed E-state index contributed by atoms with van der Waals surface area (Å²) in [5.41, 5.74) is 4.07. The Bertz CT molecular complexity index is 725. The van der Waals surface area contributed by atoms with Crippen LogP contribution in [-0.4, -0.2) is 38.8 Å². The molecule has 2 aliphatic heterocycles. The van der Waals surface area contributed by atoms with E-state index in [-0.39, 0.29) is 6.03 Å². The molecule has 0 spiro atoms. The summed E-state index contributed by atoms with van der Waals surface area (Å²) in [7, 11) is 0. The van der Waals surface area contributed by atoms with E-state index in [1.54, 1.807) is 4.90 Å². The molecule has 0 aromatic heterocycles. The van der Waals surface area contributed by atoms with Gasteiger partial charge < -0.3 is 10.2 Å². The summed E-state index contributed by atoms with van der Waals surface area (Å²) in [6.07, 6.45) is 0.833. The van der Waals surface area contributed by atoms with Gasteiger partial charge in [0.2, 0.25) is 0 Å². The third-order valence-electron chi connectivity index (χ3n) is 4.65. The zero-order chi connectivity index (χ0) is 16.4. The summed E-state index contributed by atoms with van der Waals surface area (Å²) in [4.78, 5) is 16.5. The number of nitrogens with zero attached hydrogens (tertiary/aromatic N) is 3. The third kappa shape index (κ3) is 2.83. The van der Waals surface area contributed by atoms with Crippen molar-refractivity contribution in [3.8, 4) is 0 Å². The molecular formula is C19H21N4O. The second-order valence-electron chi connectivity index (χ2n) is 6.16. The lowest BCUT2D eigenvalue weighted by Gasteiger charge is -2.30. The molecule has 123 valence electrons. The Balaban J connectivity index is 1.56. The van der Waals surface area contributed by atoms with E-state index in [4.69, 9.17) is 0 Å². The van der Waals surface area contributed by atoms with Gasteiger partial charge in [0.25, 0.3) is 0 Å². The fourth-order valence-electron chi connectivity index (χ4n) is 3.37. The molecule has 2 amide bonds. The predicted octanol–water partition coefficient (Wildman–Crippen LogP) is 2.51. The van der Waals surface area contributed by atoms with Gasteiger partial charge in [-0.1, -0.05) is 36.4 Å². The molecular weight excluding hydrogens is 300 g/mol. The lowest BCUT2D eigenvalue weighted by molar-refractivity contribution is 0.251. The Morgan fingerprint density at radius 2 is 1.71 bits per heavy atom. The van der Waals surface area contributed by atoms with Crippen molar-refractivity contribution in [1.82, 2.24) is 10.6 Å². The SMILES string of the molecule is O=C1[N]c2c(N3CCNCC3)cccc2N1CCc1ccccc1. The number of piperazine rings is 1. The van der Waals surface area contributed by atoms with E-state index in [1.165, 1.54) is 5.56 Å². The van der Waals surface area contributed by atoms with Crippen LogP contribution in [0.3, 0.4) is 0 Å². The van der Waals surface area contributed by atoms with Crippen molar-refractivity contribution < 1.29 is 4.79 Å². The normalized spacial score (nSPS) is 16.9. The molecule has 2 heterocycles. The van der Waals surface area contributed by atoms with Crippen LogP contribution < -0.4 is 20.4 Å². The van der Waals surface area contributed by atoms with E-state index in [0.717, 1.165) is 49.7 Å². The Morgan fingerprint density at radius 3 is 2.50 bits per heavy atom. The number of fused-ring (bicyclic) bond motifs is 1. The van der Waals surface area contributed by atoms with Gasteiger partial charge in [0.05, 0.1) is 11.4 Å². The van der Waals surface area contributed by atoms with Gasteiger partial charge >= 0.3 is 6.03 Å². The van der Waals surface area contributed by atoms with Crippen LogP contribution in [0.1, 0.15) is 5.56 Å². The van der Waals surface area contributed by atoms with Gasteiger partial charge in [-0.25, -0.2) is 4.79 Å². The van der Waals surface area contributed by atoms with Crippen LogP contribution in [0.2, 0.25) is 0 Å². The molecule has 0 bridgehead atoms. The lowest BCUT2D eigenvalue weighted by atomic mass is 10.1. The van der Waals surface area contributed by atoms with Crippen LogP contribution in [0.25, 0.3) is 0 Å². The van der Waals surface area contributed by atoms with Crippen molar-refractivity contribution in [1.29, 1.82) is 0 Å². The van der Waals surface area contributed by atoms with E-state index in [2.05, 4.69) is 33.7 Å². The first-order valence-electron chi connectivity index (χ1n) is 8.49. The number of anilines is 2. The number of rotatable bonds is 4. The van der Waals surface area contributed by atoms with Gasteiger partial charge in [0, 0.05) is 32.7 Å². The van der Waals surface area contributed by atoms with Gasteiger partial charge in [0.15, 0.2) is 0 Å². The molecule has 0 saturated carbocycles. The zero-order valence-electron chi connectivity index (χ0n) is 13.6. The summed E-state index contributed by atoms with van der Waals surface area (Å²) < 4.78 is 0. The number of benzene rings is 2. The van der Waals surface area contributed by atoms with Crippen LogP contribution in [0.4, 0.5) is 21.9 Å². The quantitative estimate of drug-likeness (QED) is 0.941. The van der Waals surface area contributed by atoms with Crippen molar-refractivity contribution >= 4 is 23.1 Å². The average Bonchev–Trinajstić information content (AvgIpc) is 2.97. The molecule has 5 heteroatoms. The minimum atomic E-state index is -0.150. The maximum Gasteiger partial charge on any atom is 0.348 e. The summed E-state index contributed by atoms with van der Waals surface area (Å²) in [6.45, 7) is 4.49. The average molecular weight is 321 g/mol. The smallest absolute Gasteiger partial charge is 0.348 e. The summed E-state index contributed by atoms with van der Waals surface area (Å²) >= 11 is 0. The van der Waals surface area contributed by atoms with E-state index in [0.29, 0.717) is 6.54 Å². The minimum Gasteiger partial charge on any atom is -0.367 e. The van der Waals surface area contributed by atoms with Crippen molar-refractivity contribution in [2.75, 3.05) is 42.5 Å². The number of hydrogen-bond acceptors (Lipinski definition) is 3. The van der Waals surface area contributed by atoms with Crippen molar-refractivity contribution in [2.45, 2.75) is 6.42 Å². The van der Waals surface area contributed by atoms with Gasteiger partial charge in [-0.2, -0.15) is 5.32 Å². The minimum absolute atomic E-state index is 0.150. The maximum absolute atomic E-state index is 12.4. The second-order valence-corrected chi connectivity index (χ2v) is 6.16. The third-order valence-corrected chi connectivity index (χ3v) is 4.65. The van der Waals surface area contributed by atoms with E-state index in [1.807, 2.05) is 30.3 Å². The number of para-hydroxylation sites is 1. The maximum atomic E-state index is 12.4. The highest BCUT2D eigenvalue weighted by Gasteiger charge is 2.32. The van der Waals surface area contributed by atoms with E-state index < -0.39 is 0 Å². The lowest BCUT2D eigenvalue weighted by Crippen LogP contribution is -2.43. The van der Waals surface area contributed by atoms with Gasteiger partial charge in [-0.05, 0) is 24.1 Å². The molecule has 5 nitrogen and oxygen atoms in total. The van der Waals surface area contributed by atoms with Crippen molar-refractivity contribution in [3.63, 3.8) is 0 Å². The molecule has 24 heavy (non-hydrogen) atoms. The zero-order valence-corrected chi connectivity index (χ0v) is 13.6. The summed E-state index contributed by atoms with van der Waals surface area (Å²) in [6, 6.07) is 16.2. The Morgan fingerprint density at radius 1 is 0.958 bits per heavy atom. The summed E-state index contributed by atoms with van der Waals surface area (Å²) in [5, 5.41) is 7.70. The number of amides is 2. The Kier molecular flexibility index (Phi) is 4.09. The highest BCUT2D eigenvalue weighted by atomic mass is 16.2. The van der Waals surface area contributed by atoms with Crippen LogP contribution >= 0.6 is 0 Å². The number of carbonyl (C=O) groups excluding carboxylic acids is 1. The largest absolute Gasteiger partial charge is 0.367 e. The molecule has 2 aliphatic rings. The Hall–Kier alpha value is -2.53. The van der Waals surface area contributed by atoms with Crippen molar-refractivity contribution in [3.05, 3.63) is 54.1 Å². The Labute approximate surface area is 142 Å². The molecule has 2 aromatic carbocycles. The molecule has 0 atom stereocenters. The predicted molar refractivity (Wildman–Crippen MR) is 96.2 cm³/mol. The fraction of sp³-hybridized carbons (Fsp3) is 0.316. The molecule has 0 unspecified atom stereocenters.